The molecule has 1 aromatic carbocycles. The van der Waals surface area contributed by atoms with Crippen molar-refractivity contribution >= 4 is 11.6 Å². The van der Waals surface area contributed by atoms with Gasteiger partial charge in [0.25, 0.3) is 0 Å². The van der Waals surface area contributed by atoms with Crippen LogP contribution in [0.4, 0.5) is 5.69 Å². The standard InChI is InChI=1S/C13H12N2O3/c16-11-5-13(17)15(7-11)10-3-1-9(2-4-10)12-6-14-8-18-12/h1-4,6,8,11,16H,5,7H2. The van der Waals surface area contributed by atoms with Crippen LogP contribution in [0.25, 0.3) is 11.3 Å². The summed E-state index contributed by atoms with van der Waals surface area (Å²) in [5.74, 6) is 0.643. The Morgan fingerprint density at radius 3 is 2.67 bits per heavy atom. The second-order valence-electron chi connectivity index (χ2n) is 4.27. The summed E-state index contributed by atoms with van der Waals surface area (Å²) in [4.78, 5) is 17.1. The zero-order chi connectivity index (χ0) is 12.5. The second-order valence-corrected chi connectivity index (χ2v) is 4.27. The lowest BCUT2D eigenvalue weighted by Gasteiger charge is -2.15. The van der Waals surface area contributed by atoms with Crippen LogP contribution in [0.5, 0.6) is 0 Å². The Hall–Kier alpha value is -2.14. The molecule has 0 bridgehead atoms. The lowest BCUT2D eigenvalue weighted by atomic mass is 10.1. The molecule has 1 saturated heterocycles. The first-order valence-corrected chi connectivity index (χ1v) is 5.71. The number of β-amino-alcohol motifs (C(OH)–C–C–N with tert-alkyl or cyclic N) is 1. The number of carbonyl (C=O) groups excluding carboxylic acids is 1. The van der Waals surface area contributed by atoms with Crippen molar-refractivity contribution in [2.75, 3.05) is 11.4 Å². The van der Waals surface area contributed by atoms with Crippen molar-refractivity contribution in [2.45, 2.75) is 12.5 Å². The smallest absolute Gasteiger partial charge is 0.229 e. The molecule has 1 aliphatic heterocycles. The number of aliphatic hydroxyl groups is 1. The van der Waals surface area contributed by atoms with Crippen LogP contribution < -0.4 is 4.90 Å². The van der Waals surface area contributed by atoms with Crippen molar-refractivity contribution in [3.63, 3.8) is 0 Å². The molecule has 1 unspecified atom stereocenters. The molecule has 2 aromatic rings. The van der Waals surface area contributed by atoms with E-state index in [9.17, 15) is 9.90 Å². The van der Waals surface area contributed by atoms with Gasteiger partial charge in [-0.05, 0) is 24.3 Å². The highest BCUT2D eigenvalue weighted by Crippen LogP contribution is 2.25. The molecule has 5 nitrogen and oxygen atoms in total. The molecule has 1 atom stereocenters. The highest BCUT2D eigenvalue weighted by Gasteiger charge is 2.28. The highest BCUT2D eigenvalue weighted by atomic mass is 16.3. The Morgan fingerprint density at radius 1 is 1.33 bits per heavy atom. The van der Waals surface area contributed by atoms with Gasteiger partial charge >= 0.3 is 0 Å². The minimum Gasteiger partial charge on any atom is -0.444 e. The van der Waals surface area contributed by atoms with Gasteiger partial charge in [-0.1, -0.05) is 0 Å². The van der Waals surface area contributed by atoms with Gasteiger partial charge in [-0.3, -0.25) is 4.79 Å². The maximum Gasteiger partial charge on any atom is 0.229 e. The van der Waals surface area contributed by atoms with Crippen LogP contribution in [-0.4, -0.2) is 28.6 Å². The van der Waals surface area contributed by atoms with E-state index in [1.165, 1.54) is 6.39 Å². The molecular formula is C13H12N2O3. The van der Waals surface area contributed by atoms with Crippen molar-refractivity contribution in [1.29, 1.82) is 0 Å². The maximum atomic E-state index is 11.6. The number of amides is 1. The van der Waals surface area contributed by atoms with E-state index < -0.39 is 6.10 Å². The predicted molar refractivity (Wildman–Crippen MR) is 64.9 cm³/mol. The molecule has 1 N–H and O–H groups in total. The summed E-state index contributed by atoms with van der Waals surface area (Å²) in [5.41, 5.74) is 1.70. The van der Waals surface area contributed by atoms with E-state index >= 15 is 0 Å². The molecule has 1 aliphatic rings. The number of rotatable bonds is 2. The first-order valence-electron chi connectivity index (χ1n) is 5.71. The van der Waals surface area contributed by atoms with Crippen LogP contribution in [0.3, 0.4) is 0 Å². The number of benzene rings is 1. The SMILES string of the molecule is O=C1CC(O)CN1c1ccc(-c2cnco2)cc1. The summed E-state index contributed by atoms with van der Waals surface area (Å²) in [7, 11) is 0. The van der Waals surface area contributed by atoms with Gasteiger partial charge in [0, 0.05) is 11.3 Å². The first-order chi connectivity index (χ1) is 8.74. The third kappa shape index (κ3) is 1.89. The van der Waals surface area contributed by atoms with Gasteiger partial charge in [-0.2, -0.15) is 0 Å². The van der Waals surface area contributed by atoms with Crippen LogP contribution in [0.1, 0.15) is 6.42 Å². The fourth-order valence-electron chi connectivity index (χ4n) is 2.10. The lowest BCUT2D eigenvalue weighted by molar-refractivity contribution is -0.117. The molecule has 1 fully saturated rings. The van der Waals surface area contributed by atoms with Crippen LogP contribution in [0, 0.1) is 0 Å². The summed E-state index contributed by atoms with van der Waals surface area (Å²) in [5, 5.41) is 9.45. The topological polar surface area (TPSA) is 66.6 Å². The van der Waals surface area contributed by atoms with Gasteiger partial charge in [-0.25, -0.2) is 4.98 Å². The van der Waals surface area contributed by atoms with Crippen molar-refractivity contribution in [3.05, 3.63) is 36.9 Å². The largest absolute Gasteiger partial charge is 0.444 e. The zero-order valence-corrected chi connectivity index (χ0v) is 9.61. The maximum absolute atomic E-state index is 11.6. The normalized spacial score (nSPS) is 19.5. The molecule has 0 aliphatic carbocycles. The Kier molecular flexibility index (Phi) is 2.60. The number of anilines is 1. The Morgan fingerprint density at radius 2 is 2.11 bits per heavy atom. The summed E-state index contributed by atoms with van der Waals surface area (Å²) in [6, 6.07) is 7.42. The van der Waals surface area contributed by atoms with Gasteiger partial charge in [0.1, 0.15) is 0 Å². The molecule has 0 radical (unpaired) electrons. The minimum atomic E-state index is -0.563. The van der Waals surface area contributed by atoms with Crippen LogP contribution in [0.2, 0.25) is 0 Å². The van der Waals surface area contributed by atoms with Crippen molar-refractivity contribution in [3.8, 4) is 11.3 Å². The minimum absolute atomic E-state index is 0.0464. The molecule has 1 amide bonds. The third-order valence-electron chi connectivity index (χ3n) is 3.00. The number of aliphatic hydroxyl groups excluding tert-OH is 1. The fraction of sp³-hybridized carbons (Fsp3) is 0.231. The number of aromatic nitrogens is 1. The van der Waals surface area contributed by atoms with E-state index in [1.54, 1.807) is 11.1 Å². The Bertz CT molecular complexity index is 548. The van der Waals surface area contributed by atoms with Gasteiger partial charge < -0.3 is 14.4 Å². The van der Waals surface area contributed by atoms with Gasteiger partial charge in [0.05, 0.1) is 25.3 Å². The van der Waals surface area contributed by atoms with Crippen molar-refractivity contribution in [1.82, 2.24) is 4.98 Å². The van der Waals surface area contributed by atoms with Gasteiger partial charge in [0.2, 0.25) is 5.91 Å². The van der Waals surface area contributed by atoms with E-state index in [4.69, 9.17) is 4.42 Å². The van der Waals surface area contributed by atoms with Gasteiger partial charge in [0.15, 0.2) is 12.2 Å². The summed E-state index contributed by atoms with van der Waals surface area (Å²) < 4.78 is 5.19. The molecule has 2 heterocycles. The van der Waals surface area contributed by atoms with Gasteiger partial charge in [-0.15, -0.1) is 0 Å². The van der Waals surface area contributed by atoms with E-state index in [1.807, 2.05) is 24.3 Å². The van der Waals surface area contributed by atoms with E-state index in [0.29, 0.717) is 12.3 Å². The average molecular weight is 244 g/mol. The summed E-state index contributed by atoms with van der Waals surface area (Å²) in [6.45, 7) is 0.362. The number of nitrogens with zero attached hydrogens (tertiary/aromatic N) is 2. The number of hydrogen-bond acceptors (Lipinski definition) is 4. The monoisotopic (exact) mass is 244 g/mol. The zero-order valence-electron chi connectivity index (χ0n) is 9.61. The summed E-state index contributed by atoms with van der Waals surface area (Å²) >= 11 is 0. The van der Waals surface area contributed by atoms with Crippen molar-refractivity contribution in [2.24, 2.45) is 0 Å². The van der Waals surface area contributed by atoms with Crippen molar-refractivity contribution < 1.29 is 14.3 Å². The molecule has 3 rings (SSSR count). The molecule has 92 valence electrons. The van der Waals surface area contributed by atoms with E-state index in [2.05, 4.69) is 4.98 Å². The van der Waals surface area contributed by atoms with Crippen LogP contribution in [-0.2, 0) is 4.79 Å². The first kappa shape index (κ1) is 11.0. The Labute approximate surface area is 104 Å². The number of oxazole rings is 1. The highest BCUT2D eigenvalue weighted by molar-refractivity contribution is 5.96. The molecule has 5 heteroatoms. The quantitative estimate of drug-likeness (QED) is 0.868. The Balaban J connectivity index is 1.85. The molecule has 18 heavy (non-hydrogen) atoms. The van der Waals surface area contributed by atoms with Crippen LogP contribution >= 0.6 is 0 Å². The van der Waals surface area contributed by atoms with Crippen LogP contribution in [0.15, 0.2) is 41.3 Å². The fourth-order valence-corrected chi connectivity index (χ4v) is 2.10. The third-order valence-corrected chi connectivity index (χ3v) is 3.00. The van der Waals surface area contributed by atoms with E-state index in [0.717, 1.165) is 11.3 Å². The number of hydrogen-bond donors (Lipinski definition) is 1. The average Bonchev–Trinajstić information content (AvgIpc) is 2.99. The molecule has 1 aromatic heterocycles. The number of carbonyl (C=O) groups is 1. The molecular weight excluding hydrogens is 232 g/mol. The van der Waals surface area contributed by atoms with E-state index in [-0.39, 0.29) is 12.3 Å². The second kappa shape index (κ2) is 4.27. The molecule has 0 spiro atoms. The predicted octanol–water partition coefficient (Wildman–Crippen LogP) is 1.44. The lowest BCUT2D eigenvalue weighted by Crippen LogP contribution is -2.25. The molecule has 0 saturated carbocycles. The summed E-state index contributed by atoms with van der Waals surface area (Å²) in [6.07, 6.45) is 2.65.